The van der Waals surface area contributed by atoms with Gasteiger partial charge in [-0.25, -0.2) is 0 Å². The fraction of sp³-hybridized carbons (Fsp3) is 0.684. The first-order valence-corrected chi connectivity index (χ1v) is 8.91. The number of allylic oxidation sites excluding steroid dienone is 3. The summed E-state index contributed by atoms with van der Waals surface area (Å²) in [5.74, 6) is 0.222. The maximum Gasteiger partial charge on any atom is 0.412 e. The number of carbonyl (C=O) groups is 1. The number of nitrogens with one attached hydrogen (secondary N) is 1. The molecule has 1 saturated carbocycles. The van der Waals surface area contributed by atoms with Crippen LogP contribution in [0.25, 0.3) is 0 Å². The van der Waals surface area contributed by atoms with Gasteiger partial charge >= 0.3 is 6.18 Å². The van der Waals surface area contributed by atoms with Crippen LogP contribution in [0.15, 0.2) is 28.3 Å². The lowest BCUT2D eigenvalue weighted by Crippen LogP contribution is -2.46. The van der Waals surface area contributed by atoms with Crippen molar-refractivity contribution in [2.24, 2.45) is 16.3 Å². The van der Waals surface area contributed by atoms with Crippen molar-refractivity contribution >= 4 is 11.6 Å². The summed E-state index contributed by atoms with van der Waals surface area (Å²) in [6.45, 7) is 6.65. The molecule has 0 atom stereocenters. The Labute approximate surface area is 146 Å². The van der Waals surface area contributed by atoms with Crippen LogP contribution >= 0.6 is 0 Å². The van der Waals surface area contributed by atoms with Crippen molar-refractivity contribution in [1.82, 2.24) is 5.32 Å². The number of alkyl halides is 3. The van der Waals surface area contributed by atoms with E-state index in [0.29, 0.717) is 11.5 Å². The van der Waals surface area contributed by atoms with Gasteiger partial charge in [0.1, 0.15) is 11.4 Å². The molecule has 1 amide bonds. The summed E-state index contributed by atoms with van der Waals surface area (Å²) in [6.07, 6.45) is 2.08. The zero-order chi connectivity index (χ0) is 18.5. The van der Waals surface area contributed by atoms with Gasteiger partial charge in [-0.3, -0.25) is 9.79 Å². The molecule has 25 heavy (non-hydrogen) atoms. The number of aliphatic imine (C=N–C) groups is 1. The monoisotopic (exact) mass is 354 g/mol. The van der Waals surface area contributed by atoms with Gasteiger partial charge in [0.2, 0.25) is 0 Å². The molecule has 2 aliphatic carbocycles. The summed E-state index contributed by atoms with van der Waals surface area (Å²) in [6, 6.07) is 0. The standard InChI is InChI=1S/C19H25F3N2O/c1-17(2,3)13-7-9-18(10-8-13)23-15(16(25)24-18)12-5-4-6-14(11-12)19(20,21)22/h5,11,13H,4,6-10H2,1-3H3,(H,24,25). The number of carbonyl (C=O) groups excluding carboxylic acids is 1. The highest BCUT2D eigenvalue weighted by Crippen LogP contribution is 2.43. The smallest absolute Gasteiger partial charge is 0.326 e. The Kier molecular flexibility index (Phi) is 4.36. The number of hydrogen-bond donors (Lipinski definition) is 1. The lowest BCUT2D eigenvalue weighted by molar-refractivity contribution is -0.115. The zero-order valence-electron chi connectivity index (χ0n) is 15.0. The first kappa shape index (κ1) is 18.2. The molecular weight excluding hydrogens is 329 g/mol. The zero-order valence-corrected chi connectivity index (χ0v) is 15.0. The van der Waals surface area contributed by atoms with Gasteiger partial charge in [0.25, 0.3) is 5.91 Å². The van der Waals surface area contributed by atoms with Crippen LogP contribution in [-0.4, -0.2) is 23.5 Å². The van der Waals surface area contributed by atoms with E-state index in [4.69, 9.17) is 0 Å². The summed E-state index contributed by atoms with van der Waals surface area (Å²) < 4.78 is 38.9. The van der Waals surface area contributed by atoms with Gasteiger partial charge in [-0.1, -0.05) is 26.8 Å². The van der Waals surface area contributed by atoms with Crippen molar-refractivity contribution in [1.29, 1.82) is 0 Å². The molecule has 0 aromatic carbocycles. The third-order valence-electron chi connectivity index (χ3n) is 5.67. The largest absolute Gasteiger partial charge is 0.412 e. The molecule has 0 radical (unpaired) electrons. The lowest BCUT2D eigenvalue weighted by atomic mass is 9.70. The van der Waals surface area contributed by atoms with Gasteiger partial charge in [-0.2, -0.15) is 13.2 Å². The highest BCUT2D eigenvalue weighted by molar-refractivity contribution is 6.47. The van der Waals surface area contributed by atoms with E-state index in [1.165, 1.54) is 0 Å². The highest BCUT2D eigenvalue weighted by atomic mass is 19.4. The number of halogens is 3. The molecule has 1 fully saturated rings. The Morgan fingerprint density at radius 1 is 1.20 bits per heavy atom. The van der Waals surface area contributed by atoms with Crippen LogP contribution in [0.4, 0.5) is 13.2 Å². The number of hydrogen-bond acceptors (Lipinski definition) is 2. The van der Waals surface area contributed by atoms with Crippen LogP contribution in [0, 0.1) is 11.3 Å². The maximum absolute atomic E-state index is 13.0. The molecule has 3 aliphatic rings. The topological polar surface area (TPSA) is 41.5 Å². The second kappa shape index (κ2) is 5.99. The maximum atomic E-state index is 13.0. The molecular formula is C19H25F3N2O. The van der Waals surface area contributed by atoms with Crippen LogP contribution < -0.4 is 5.32 Å². The number of nitrogens with zero attached hydrogens (tertiary/aromatic N) is 1. The molecule has 1 heterocycles. The Morgan fingerprint density at radius 3 is 2.40 bits per heavy atom. The quantitative estimate of drug-likeness (QED) is 0.729. The second-order valence-electron chi connectivity index (χ2n) is 8.45. The van der Waals surface area contributed by atoms with Crippen LogP contribution in [0.5, 0.6) is 0 Å². The minimum Gasteiger partial charge on any atom is -0.326 e. The van der Waals surface area contributed by atoms with Gasteiger partial charge in [0, 0.05) is 11.1 Å². The van der Waals surface area contributed by atoms with Crippen LogP contribution in [0.3, 0.4) is 0 Å². The molecule has 3 nitrogen and oxygen atoms in total. The van der Waals surface area contributed by atoms with E-state index in [1.807, 2.05) is 0 Å². The molecule has 0 aromatic heterocycles. The number of rotatable bonds is 1. The van der Waals surface area contributed by atoms with Crippen LogP contribution in [0.2, 0.25) is 0 Å². The van der Waals surface area contributed by atoms with Crippen molar-refractivity contribution in [3.63, 3.8) is 0 Å². The Balaban J connectivity index is 1.80. The Morgan fingerprint density at radius 2 is 1.84 bits per heavy atom. The van der Waals surface area contributed by atoms with Gasteiger partial charge in [-0.15, -0.1) is 0 Å². The third-order valence-corrected chi connectivity index (χ3v) is 5.67. The van der Waals surface area contributed by atoms with E-state index in [2.05, 4.69) is 31.1 Å². The molecule has 0 unspecified atom stereocenters. The average molecular weight is 354 g/mol. The molecule has 1 spiro atoms. The van der Waals surface area contributed by atoms with Crippen molar-refractivity contribution < 1.29 is 18.0 Å². The normalized spacial score (nSPS) is 30.7. The van der Waals surface area contributed by atoms with Crippen LogP contribution in [-0.2, 0) is 4.79 Å². The van der Waals surface area contributed by atoms with E-state index in [1.54, 1.807) is 6.08 Å². The minimum absolute atomic E-state index is 0.0414. The summed E-state index contributed by atoms with van der Waals surface area (Å²) in [5.41, 5.74) is -0.523. The fourth-order valence-electron chi connectivity index (χ4n) is 4.05. The molecule has 1 aliphatic heterocycles. The summed E-state index contributed by atoms with van der Waals surface area (Å²) >= 11 is 0. The summed E-state index contributed by atoms with van der Waals surface area (Å²) in [7, 11) is 0. The minimum atomic E-state index is -4.35. The molecule has 1 N–H and O–H groups in total. The molecule has 6 heteroatoms. The predicted octanol–water partition coefficient (Wildman–Crippen LogP) is 4.70. The van der Waals surface area contributed by atoms with Crippen molar-refractivity contribution in [2.75, 3.05) is 0 Å². The fourth-order valence-corrected chi connectivity index (χ4v) is 4.05. The molecule has 3 rings (SSSR count). The average Bonchev–Trinajstić information content (AvgIpc) is 2.82. The van der Waals surface area contributed by atoms with E-state index in [-0.39, 0.29) is 29.9 Å². The molecule has 0 bridgehead atoms. The second-order valence-corrected chi connectivity index (χ2v) is 8.45. The van der Waals surface area contributed by atoms with Gasteiger partial charge in [0.15, 0.2) is 0 Å². The van der Waals surface area contributed by atoms with Crippen molar-refractivity contribution in [3.05, 3.63) is 23.3 Å². The SMILES string of the molecule is CC(C)(C)C1CCC2(CC1)N=C(C1=CCCC(C(F)(F)F)=C1)C(=O)N2. The number of amides is 1. The van der Waals surface area contributed by atoms with E-state index < -0.39 is 17.4 Å². The highest BCUT2D eigenvalue weighted by Gasteiger charge is 2.45. The third kappa shape index (κ3) is 3.67. The molecule has 0 saturated heterocycles. The van der Waals surface area contributed by atoms with Gasteiger partial charge in [-0.05, 0) is 55.9 Å². The van der Waals surface area contributed by atoms with Crippen molar-refractivity contribution in [3.8, 4) is 0 Å². The van der Waals surface area contributed by atoms with Crippen LogP contribution in [0.1, 0.15) is 59.3 Å². The molecule has 0 aromatic rings. The van der Waals surface area contributed by atoms with Gasteiger partial charge < -0.3 is 5.32 Å². The first-order valence-electron chi connectivity index (χ1n) is 8.91. The Hall–Kier alpha value is -1.59. The van der Waals surface area contributed by atoms with Crippen molar-refractivity contribution in [2.45, 2.75) is 71.1 Å². The Bertz CT molecular complexity index is 657. The van der Waals surface area contributed by atoms with E-state index in [9.17, 15) is 18.0 Å². The van der Waals surface area contributed by atoms with E-state index in [0.717, 1.165) is 31.8 Å². The van der Waals surface area contributed by atoms with E-state index >= 15 is 0 Å². The predicted molar refractivity (Wildman–Crippen MR) is 91.2 cm³/mol. The van der Waals surface area contributed by atoms with Gasteiger partial charge in [0.05, 0.1) is 0 Å². The summed E-state index contributed by atoms with van der Waals surface area (Å²) in [4.78, 5) is 17.0. The summed E-state index contributed by atoms with van der Waals surface area (Å²) in [5, 5.41) is 2.95. The first-order chi connectivity index (χ1) is 11.5. The molecule has 138 valence electrons. The lowest BCUT2D eigenvalue weighted by Gasteiger charge is -2.40.